The van der Waals surface area contributed by atoms with Crippen molar-refractivity contribution in [3.05, 3.63) is 34.9 Å². The maximum absolute atomic E-state index is 14.3. The van der Waals surface area contributed by atoms with Crippen LogP contribution in [-0.4, -0.2) is 24.6 Å². The lowest BCUT2D eigenvalue weighted by molar-refractivity contribution is -0.180. The van der Waals surface area contributed by atoms with Gasteiger partial charge in [0.05, 0.1) is 12.5 Å². The van der Waals surface area contributed by atoms with Crippen LogP contribution in [0.4, 0.5) is 0 Å². The number of methoxy groups -OCH3 is 1. The summed E-state index contributed by atoms with van der Waals surface area (Å²) < 4.78 is 5.21. The predicted octanol–water partition coefficient (Wildman–Crippen LogP) is 6.41. The molecule has 1 aliphatic carbocycles. The van der Waals surface area contributed by atoms with Crippen LogP contribution in [0.1, 0.15) is 88.0 Å². The van der Waals surface area contributed by atoms with Gasteiger partial charge in [-0.1, -0.05) is 48.8 Å². The summed E-state index contributed by atoms with van der Waals surface area (Å²) in [5, 5.41) is 0. The van der Waals surface area contributed by atoms with E-state index in [1.807, 2.05) is 67.5 Å². The Morgan fingerprint density at radius 2 is 1.39 bits per heavy atom. The molecule has 174 valence electrons. The Morgan fingerprint density at radius 3 is 1.81 bits per heavy atom. The number of ether oxygens (including phenoxy) is 1. The van der Waals surface area contributed by atoms with Gasteiger partial charge in [-0.3, -0.25) is 14.4 Å². The van der Waals surface area contributed by atoms with Gasteiger partial charge in [0, 0.05) is 0 Å². The molecule has 0 unspecified atom stereocenters. The van der Waals surface area contributed by atoms with E-state index in [9.17, 15) is 14.4 Å². The first-order valence-corrected chi connectivity index (χ1v) is 11.2. The minimum Gasteiger partial charge on any atom is -0.468 e. The molecule has 0 aromatic carbocycles. The van der Waals surface area contributed by atoms with Crippen molar-refractivity contribution in [2.45, 2.75) is 88.0 Å². The van der Waals surface area contributed by atoms with Gasteiger partial charge in [-0.2, -0.15) is 0 Å². The Bertz CT molecular complexity index is 799. The molecule has 0 aromatic heterocycles. The van der Waals surface area contributed by atoms with Crippen LogP contribution in [0, 0.1) is 22.2 Å². The molecule has 1 aliphatic rings. The van der Waals surface area contributed by atoms with Crippen molar-refractivity contribution < 1.29 is 19.1 Å². The summed E-state index contributed by atoms with van der Waals surface area (Å²) in [6.07, 6.45) is 7.69. The van der Waals surface area contributed by atoms with Gasteiger partial charge in [0.2, 0.25) is 0 Å². The van der Waals surface area contributed by atoms with Gasteiger partial charge in [-0.25, -0.2) is 0 Å². The van der Waals surface area contributed by atoms with Gasteiger partial charge >= 0.3 is 5.97 Å². The van der Waals surface area contributed by atoms with Crippen molar-refractivity contribution in [2.24, 2.45) is 22.2 Å². The van der Waals surface area contributed by atoms with Gasteiger partial charge < -0.3 is 4.74 Å². The van der Waals surface area contributed by atoms with E-state index in [0.717, 1.165) is 11.1 Å². The fraction of sp³-hybridized carbons (Fsp3) is 0.667. The predicted molar refractivity (Wildman–Crippen MR) is 127 cm³/mol. The zero-order valence-electron chi connectivity index (χ0n) is 21.3. The highest BCUT2D eigenvalue weighted by molar-refractivity contribution is 6.17. The van der Waals surface area contributed by atoms with Gasteiger partial charge in [-0.05, 0) is 85.5 Å². The highest BCUT2D eigenvalue weighted by Crippen LogP contribution is 2.61. The van der Waals surface area contributed by atoms with E-state index in [1.54, 1.807) is 0 Å². The Morgan fingerprint density at radius 1 is 0.903 bits per heavy atom. The number of Topliss-reactive ketones (excluding diaryl/α,β-unsaturated/α-hetero) is 2. The highest BCUT2D eigenvalue weighted by Gasteiger charge is 2.68. The highest BCUT2D eigenvalue weighted by atomic mass is 16.5. The van der Waals surface area contributed by atoms with Crippen LogP contribution >= 0.6 is 0 Å². The lowest BCUT2D eigenvalue weighted by Gasteiger charge is -2.57. The Labute approximate surface area is 189 Å². The Hall–Kier alpha value is -1.97. The first-order chi connectivity index (χ1) is 14.2. The molecular formula is C27H42O4. The number of carbonyl (C=O) groups excluding carboxylic acids is 3. The number of esters is 1. The van der Waals surface area contributed by atoms with Crippen molar-refractivity contribution in [1.82, 2.24) is 0 Å². The quantitative estimate of drug-likeness (QED) is 0.254. The number of ketones is 2. The van der Waals surface area contributed by atoms with Crippen molar-refractivity contribution >= 4 is 17.5 Å². The van der Waals surface area contributed by atoms with E-state index in [0.29, 0.717) is 19.3 Å². The van der Waals surface area contributed by atoms with Gasteiger partial charge in [0.25, 0.3) is 0 Å². The zero-order chi connectivity index (χ0) is 24.2. The molecule has 1 fully saturated rings. The summed E-state index contributed by atoms with van der Waals surface area (Å²) in [6.45, 7) is 17.5. The lowest BCUT2D eigenvalue weighted by atomic mass is 9.43. The van der Waals surface area contributed by atoms with Crippen LogP contribution < -0.4 is 0 Å². The molecule has 0 bridgehead atoms. The molecular weight excluding hydrogens is 388 g/mol. The van der Waals surface area contributed by atoms with E-state index in [4.69, 9.17) is 4.74 Å². The molecule has 0 spiro atoms. The summed E-state index contributed by atoms with van der Waals surface area (Å²) in [6, 6.07) is 0. The van der Waals surface area contributed by atoms with Gasteiger partial charge in [0.1, 0.15) is 11.2 Å². The summed E-state index contributed by atoms with van der Waals surface area (Å²) >= 11 is 0. The van der Waals surface area contributed by atoms with Crippen LogP contribution in [0.15, 0.2) is 34.9 Å². The molecule has 0 radical (unpaired) electrons. The third-order valence-corrected chi connectivity index (χ3v) is 7.20. The first kappa shape index (κ1) is 27.1. The minimum absolute atomic E-state index is 0.0285. The van der Waals surface area contributed by atoms with Gasteiger partial charge in [-0.15, -0.1) is 0 Å². The van der Waals surface area contributed by atoms with Crippen LogP contribution in [0.5, 0.6) is 0 Å². The van der Waals surface area contributed by atoms with Crippen molar-refractivity contribution in [3.63, 3.8) is 0 Å². The normalized spacial score (nSPS) is 27.2. The topological polar surface area (TPSA) is 60.4 Å². The molecule has 4 heteroatoms. The summed E-state index contributed by atoms with van der Waals surface area (Å²) in [4.78, 5) is 40.9. The molecule has 0 saturated heterocycles. The average molecular weight is 431 g/mol. The number of carbonyl (C=O) groups is 3. The van der Waals surface area contributed by atoms with Crippen LogP contribution in [0.2, 0.25) is 0 Å². The molecule has 0 aliphatic heterocycles. The Kier molecular flexibility index (Phi) is 8.82. The molecule has 4 nitrogen and oxygen atoms in total. The van der Waals surface area contributed by atoms with E-state index in [1.165, 1.54) is 19.6 Å². The van der Waals surface area contributed by atoms with E-state index >= 15 is 0 Å². The van der Waals surface area contributed by atoms with Crippen molar-refractivity contribution in [1.29, 1.82) is 0 Å². The molecule has 31 heavy (non-hydrogen) atoms. The van der Waals surface area contributed by atoms with Crippen molar-refractivity contribution in [2.75, 3.05) is 7.11 Å². The van der Waals surface area contributed by atoms with Crippen LogP contribution in [0.25, 0.3) is 0 Å². The second-order valence-corrected chi connectivity index (χ2v) is 10.5. The Balaban J connectivity index is 3.93. The monoisotopic (exact) mass is 430 g/mol. The maximum atomic E-state index is 14.3. The fourth-order valence-corrected chi connectivity index (χ4v) is 5.05. The van der Waals surface area contributed by atoms with Gasteiger partial charge in [0.15, 0.2) is 5.78 Å². The van der Waals surface area contributed by atoms with Crippen LogP contribution in [-0.2, 0) is 19.1 Å². The fourth-order valence-electron chi connectivity index (χ4n) is 5.05. The summed E-state index contributed by atoms with van der Waals surface area (Å²) in [5.41, 5.74) is -0.00705. The number of rotatable bonds is 8. The first-order valence-electron chi connectivity index (χ1n) is 11.2. The minimum atomic E-state index is -1.36. The molecule has 1 rings (SSSR count). The third-order valence-electron chi connectivity index (χ3n) is 7.20. The standard InChI is InChI=1S/C27H42O4/c1-18(2)11-12-22-17-26(24(30)31-10,15-13-19(3)4)23(29)27(21(7)28,25(22,8)9)16-14-20(5)6/h11,13-14,22H,12,15-17H2,1-10H3/t22-,26+,27-/m1/s1. The zero-order valence-corrected chi connectivity index (χ0v) is 21.3. The molecule has 0 aromatic rings. The smallest absolute Gasteiger partial charge is 0.319 e. The third kappa shape index (κ3) is 5.10. The molecule has 3 atom stereocenters. The van der Waals surface area contributed by atoms with E-state index in [-0.39, 0.29) is 23.9 Å². The summed E-state index contributed by atoms with van der Waals surface area (Å²) in [7, 11) is 1.33. The lowest BCUT2D eigenvalue weighted by Crippen LogP contribution is -2.64. The van der Waals surface area contributed by atoms with Crippen molar-refractivity contribution in [3.8, 4) is 0 Å². The maximum Gasteiger partial charge on any atom is 0.319 e. The molecule has 0 amide bonds. The number of hydrogen-bond donors (Lipinski definition) is 0. The van der Waals surface area contributed by atoms with E-state index in [2.05, 4.69) is 6.08 Å². The molecule has 1 saturated carbocycles. The average Bonchev–Trinajstić information content (AvgIpc) is 2.65. The largest absolute Gasteiger partial charge is 0.468 e. The molecule has 0 N–H and O–H groups in total. The second kappa shape index (κ2) is 10.1. The number of allylic oxidation sites excluding steroid dienone is 6. The van der Waals surface area contributed by atoms with Crippen LogP contribution in [0.3, 0.4) is 0 Å². The SMILES string of the molecule is COC(=O)[C@@]1(CC=C(C)C)C[C@@H](CC=C(C)C)C(C)(C)[C@](CC=C(C)C)(C(C)=O)C1=O. The second-order valence-electron chi connectivity index (χ2n) is 10.5. The molecule has 0 heterocycles. The summed E-state index contributed by atoms with van der Waals surface area (Å²) in [5.74, 6) is -1.02. The van der Waals surface area contributed by atoms with E-state index < -0.39 is 22.2 Å². The number of hydrogen-bond acceptors (Lipinski definition) is 4.